The fraction of sp³-hybridized carbons (Fsp3) is 0.135. The Morgan fingerprint density at radius 3 is 2.23 bits per heavy atom. The van der Waals surface area contributed by atoms with Gasteiger partial charge in [-0.2, -0.15) is 0 Å². The van der Waals surface area contributed by atoms with Gasteiger partial charge in [0, 0.05) is 37.3 Å². The minimum absolute atomic E-state index is 0.0966. The summed E-state index contributed by atoms with van der Waals surface area (Å²) in [5.41, 5.74) is -1.59. The number of fused-ring (bicyclic) bond motifs is 2. The number of para-hydroxylation sites is 1. The third-order valence-corrected chi connectivity index (χ3v) is 9.09. The molecule has 0 bridgehead atoms. The van der Waals surface area contributed by atoms with Crippen molar-refractivity contribution in [2.45, 2.75) is 19.3 Å². The standard InChI is InChI=1S/C22H17ClN2O5.C15H9ClF2N2O2/c1-30-13-10-8-12(9-11-13)25-15-5-2-4-14(23)19(15)24-20(22(25)29)21(28)18-16(26)6-3-7-17(18)27;1-20-9-3-2-6-19-13(9)14(21)11(15(20)22)10-7(17)4-5-8(18)12(10)16/h2,4-5,8-11,26H,3,6-7H2,1H3;2-6,21H,1H3. The quantitative estimate of drug-likeness (QED) is 0.108. The first kappa shape index (κ1) is 35.9. The van der Waals surface area contributed by atoms with Gasteiger partial charge in [0.25, 0.3) is 11.1 Å². The number of halogens is 4. The van der Waals surface area contributed by atoms with E-state index in [1.54, 1.807) is 54.6 Å². The monoisotopic (exact) mass is 746 g/mol. The summed E-state index contributed by atoms with van der Waals surface area (Å²) in [6, 6.07) is 16.5. The van der Waals surface area contributed by atoms with Crippen molar-refractivity contribution in [2.75, 3.05) is 7.11 Å². The van der Waals surface area contributed by atoms with E-state index in [0.717, 1.165) is 12.1 Å². The van der Waals surface area contributed by atoms with Crippen molar-refractivity contribution in [3.05, 3.63) is 132 Å². The van der Waals surface area contributed by atoms with Crippen LogP contribution < -0.4 is 15.9 Å². The van der Waals surface area contributed by atoms with Gasteiger partial charge in [0.15, 0.2) is 17.2 Å². The predicted octanol–water partition coefficient (Wildman–Crippen LogP) is 7.03. The zero-order valence-electron chi connectivity index (χ0n) is 27.3. The lowest BCUT2D eigenvalue weighted by atomic mass is 9.92. The molecule has 0 amide bonds. The highest BCUT2D eigenvalue weighted by Crippen LogP contribution is 2.38. The number of benzene rings is 3. The number of carbonyl (C=O) groups excluding carboxylic acids is 2. The lowest BCUT2D eigenvalue weighted by Gasteiger charge is -2.16. The van der Waals surface area contributed by atoms with Crippen LogP contribution in [0.5, 0.6) is 11.5 Å². The molecule has 0 saturated heterocycles. The lowest BCUT2D eigenvalue weighted by Crippen LogP contribution is -2.31. The van der Waals surface area contributed by atoms with Crippen LogP contribution in [0.15, 0.2) is 93.8 Å². The number of aliphatic hydroxyl groups excluding tert-OH is 1. The molecular formula is C37H26Cl2F2N4O7. The van der Waals surface area contributed by atoms with Crippen LogP contribution in [0.1, 0.15) is 29.8 Å². The van der Waals surface area contributed by atoms with Crippen molar-refractivity contribution < 1.29 is 33.3 Å². The van der Waals surface area contributed by atoms with Gasteiger partial charge in [-0.25, -0.2) is 13.8 Å². The van der Waals surface area contributed by atoms with Crippen LogP contribution in [0.25, 0.3) is 38.9 Å². The predicted molar refractivity (Wildman–Crippen MR) is 191 cm³/mol. The Kier molecular flexibility index (Phi) is 9.92. The normalized spacial score (nSPS) is 12.9. The van der Waals surface area contributed by atoms with Crippen LogP contribution in [-0.4, -0.2) is 48.0 Å². The maximum Gasteiger partial charge on any atom is 0.285 e. The van der Waals surface area contributed by atoms with Crippen molar-refractivity contribution in [1.82, 2.24) is 19.1 Å². The van der Waals surface area contributed by atoms with Gasteiger partial charge in [-0.3, -0.25) is 28.7 Å². The number of methoxy groups -OCH3 is 1. The molecule has 6 aromatic rings. The van der Waals surface area contributed by atoms with Crippen molar-refractivity contribution in [2.24, 2.45) is 7.05 Å². The van der Waals surface area contributed by atoms with Gasteiger partial charge in [0.2, 0.25) is 5.78 Å². The van der Waals surface area contributed by atoms with Gasteiger partial charge in [-0.1, -0.05) is 29.3 Å². The smallest absolute Gasteiger partial charge is 0.285 e. The molecule has 52 heavy (non-hydrogen) atoms. The summed E-state index contributed by atoms with van der Waals surface area (Å²) < 4.78 is 35.4. The number of aromatic nitrogens is 4. The van der Waals surface area contributed by atoms with Gasteiger partial charge >= 0.3 is 0 Å². The summed E-state index contributed by atoms with van der Waals surface area (Å²) >= 11 is 12.1. The Morgan fingerprint density at radius 2 is 1.54 bits per heavy atom. The summed E-state index contributed by atoms with van der Waals surface area (Å²) in [6.45, 7) is 0. The summed E-state index contributed by atoms with van der Waals surface area (Å²) in [4.78, 5) is 59.3. The Bertz CT molecular complexity index is 2600. The molecule has 3 heterocycles. The number of ether oxygens (including phenoxy) is 1. The van der Waals surface area contributed by atoms with Crippen LogP contribution >= 0.6 is 23.2 Å². The van der Waals surface area contributed by atoms with Crippen LogP contribution in [0.2, 0.25) is 10.0 Å². The van der Waals surface area contributed by atoms with E-state index in [2.05, 4.69) is 9.97 Å². The van der Waals surface area contributed by atoms with Crippen LogP contribution in [0.4, 0.5) is 8.78 Å². The molecule has 0 spiro atoms. The van der Waals surface area contributed by atoms with E-state index < -0.39 is 61.9 Å². The van der Waals surface area contributed by atoms with E-state index >= 15 is 0 Å². The zero-order valence-corrected chi connectivity index (χ0v) is 28.8. The third-order valence-electron chi connectivity index (χ3n) is 8.41. The van der Waals surface area contributed by atoms with Crippen LogP contribution in [-0.2, 0) is 11.8 Å². The summed E-state index contributed by atoms with van der Waals surface area (Å²) in [6.07, 6.45) is 2.20. The van der Waals surface area contributed by atoms with E-state index in [1.807, 2.05) is 0 Å². The minimum Gasteiger partial charge on any atom is -0.511 e. The molecule has 0 saturated carbocycles. The highest BCUT2D eigenvalue weighted by Gasteiger charge is 2.31. The first-order chi connectivity index (χ1) is 24.8. The van der Waals surface area contributed by atoms with E-state index in [4.69, 9.17) is 27.9 Å². The van der Waals surface area contributed by atoms with Gasteiger partial charge in [-0.15, -0.1) is 0 Å². The Labute approximate surface area is 302 Å². The van der Waals surface area contributed by atoms with Crippen LogP contribution in [0.3, 0.4) is 0 Å². The average Bonchev–Trinajstić information content (AvgIpc) is 3.14. The van der Waals surface area contributed by atoms with Gasteiger partial charge in [0.05, 0.1) is 33.8 Å². The molecule has 1 aliphatic carbocycles. The summed E-state index contributed by atoms with van der Waals surface area (Å²) in [7, 11) is 2.97. The van der Waals surface area contributed by atoms with E-state index in [9.17, 15) is 38.2 Å². The molecule has 0 aliphatic heterocycles. The summed E-state index contributed by atoms with van der Waals surface area (Å²) in [5, 5.41) is 20.1. The number of ketones is 2. The second-order valence-corrected chi connectivity index (χ2v) is 12.3. The number of rotatable bonds is 5. The number of aryl methyl sites for hydroxylation is 1. The van der Waals surface area contributed by atoms with Gasteiger partial charge < -0.3 is 19.5 Å². The lowest BCUT2D eigenvalue weighted by molar-refractivity contribution is -0.116. The van der Waals surface area contributed by atoms with Crippen LogP contribution in [0, 0.1) is 11.6 Å². The highest BCUT2D eigenvalue weighted by atomic mass is 35.5. The molecule has 7 rings (SSSR count). The molecule has 3 aromatic heterocycles. The average molecular weight is 748 g/mol. The second kappa shape index (κ2) is 14.4. The third kappa shape index (κ3) is 6.29. The number of aliphatic hydroxyl groups is 1. The van der Waals surface area contributed by atoms with Crippen molar-refractivity contribution in [3.8, 4) is 28.3 Å². The molecule has 0 unspecified atom stereocenters. The maximum absolute atomic E-state index is 14.1. The number of allylic oxidation sites excluding steroid dienone is 2. The largest absolute Gasteiger partial charge is 0.511 e. The number of hydrogen-bond donors (Lipinski definition) is 2. The fourth-order valence-corrected chi connectivity index (χ4v) is 6.30. The van der Waals surface area contributed by atoms with E-state index in [1.165, 1.54) is 29.5 Å². The number of aromatic hydroxyl groups is 1. The first-order valence-corrected chi connectivity index (χ1v) is 16.3. The molecule has 0 radical (unpaired) electrons. The van der Waals surface area contributed by atoms with E-state index in [-0.39, 0.29) is 40.2 Å². The van der Waals surface area contributed by atoms with Crippen molar-refractivity contribution in [1.29, 1.82) is 0 Å². The molecule has 0 atom stereocenters. The van der Waals surface area contributed by atoms with E-state index in [0.29, 0.717) is 28.9 Å². The molecule has 1 aliphatic rings. The first-order valence-electron chi connectivity index (χ1n) is 15.5. The zero-order chi connectivity index (χ0) is 37.4. The fourth-order valence-electron chi connectivity index (χ4n) is 5.84. The Hall–Kier alpha value is -5.92. The SMILES string of the molecule is COc1ccc(-n2c(=O)c(C(=O)C3=C(O)CCCC3=O)nc3c(Cl)cccc32)cc1.Cn1c(=O)c(-c2c(F)ccc(F)c2Cl)c(O)c2ncccc21. The molecule has 2 N–H and O–H groups in total. The van der Waals surface area contributed by atoms with Crippen molar-refractivity contribution in [3.63, 3.8) is 0 Å². The molecule has 0 fully saturated rings. The number of Topliss-reactive ketones (excluding diaryl/α,β-unsaturated/α-hetero) is 2. The maximum atomic E-state index is 14.1. The highest BCUT2D eigenvalue weighted by molar-refractivity contribution is 6.35. The Balaban J connectivity index is 0.000000187. The molecular weight excluding hydrogens is 721 g/mol. The molecule has 3 aromatic carbocycles. The molecule has 11 nitrogen and oxygen atoms in total. The van der Waals surface area contributed by atoms with Gasteiger partial charge in [0.1, 0.15) is 39.7 Å². The number of carbonyl (C=O) groups is 2. The minimum atomic E-state index is -0.908. The number of pyridine rings is 2. The number of nitrogens with zero attached hydrogens (tertiary/aromatic N) is 4. The summed E-state index contributed by atoms with van der Waals surface area (Å²) in [5.74, 6) is -3.44. The number of hydrogen-bond acceptors (Lipinski definition) is 9. The second-order valence-electron chi connectivity index (χ2n) is 11.5. The molecule has 264 valence electrons. The topological polar surface area (TPSA) is 154 Å². The van der Waals surface area contributed by atoms with Crippen molar-refractivity contribution >= 4 is 56.8 Å². The molecule has 15 heteroatoms. The Morgan fingerprint density at radius 1 is 0.846 bits per heavy atom. The van der Waals surface area contributed by atoms with Gasteiger partial charge in [-0.05, 0) is 67.1 Å².